The molecule has 0 spiro atoms. The van der Waals surface area contributed by atoms with Gasteiger partial charge in [0, 0.05) is 12.6 Å². The van der Waals surface area contributed by atoms with Crippen molar-refractivity contribution in [3.63, 3.8) is 0 Å². The second-order valence-corrected chi connectivity index (χ2v) is 8.40. The maximum Gasteiger partial charge on any atom is 0.206 e. The van der Waals surface area contributed by atoms with Gasteiger partial charge in [0.05, 0.1) is 5.02 Å². The van der Waals surface area contributed by atoms with Gasteiger partial charge in [-0.15, -0.1) is 10.2 Å². The lowest BCUT2D eigenvalue weighted by molar-refractivity contribution is 0.162. The highest BCUT2D eigenvalue weighted by atomic mass is 35.5. The third-order valence-corrected chi connectivity index (χ3v) is 5.79. The molecule has 0 amide bonds. The van der Waals surface area contributed by atoms with Gasteiger partial charge >= 0.3 is 0 Å². The molecule has 1 aliphatic heterocycles. The molecule has 0 bridgehead atoms. The maximum absolute atomic E-state index is 13.2. The highest BCUT2D eigenvalue weighted by Gasteiger charge is 2.16. The van der Waals surface area contributed by atoms with Gasteiger partial charge in [0.15, 0.2) is 5.01 Å². The minimum atomic E-state index is -0.335. The maximum atomic E-state index is 13.2. The van der Waals surface area contributed by atoms with E-state index in [1.807, 2.05) is 18.2 Å². The number of hydrogen-bond acceptors (Lipinski definition) is 7. The van der Waals surface area contributed by atoms with Crippen molar-refractivity contribution in [2.75, 3.05) is 18.4 Å². The summed E-state index contributed by atoms with van der Waals surface area (Å²) in [6.45, 7) is 2.74. The third-order valence-electron chi connectivity index (χ3n) is 4.65. The van der Waals surface area contributed by atoms with E-state index < -0.39 is 0 Å². The Morgan fingerprint density at radius 2 is 2.03 bits per heavy atom. The Kier molecular flexibility index (Phi) is 6.99. The van der Waals surface area contributed by atoms with Crippen molar-refractivity contribution in [2.45, 2.75) is 32.1 Å². The van der Waals surface area contributed by atoms with Crippen LogP contribution in [-0.4, -0.2) is 29.4 Å². The standard InChI is InChI=1S/C21H22ClFN4O2S/c22-18-10-14(4-5-19(18)29-16-6-8-24-9-7-16)12-25-21-27-26-20(30-21)13-28-17-3-1-2-15(23)11-17/h1-5,10-11,16,24H,6-9,12-13H2,(H,25,27). The van der Waals surface area contributed by atoms with Crippen LogP contribution in [0.15, 0.2) is 42.5 Å². The van der Waals surface area contributed by atoms with E-state index >= 15 is 0 Å². The molecule has 2 aromatic carbocycles. The Hall–Kier alpha value is -2.42. The van der Waals surface area contributed by atoms with Crippen LogP contribution in [0.5, 0.6) is 11.5 Å². The molecule has 6 nitrogen and oxygen atoms in total. The zero-order valence-electron chi connectivity index (χ0n) is 16.2. The molecular formula is C21H22ClFN4O2S. The van der Waals surface area contributed by atoms with Crippen molar-refractivity contribution < 1.29 is 13.9 Å². The first-order valence-corrected chi connectivity index (χ1v) is 11.0. The topological polar surface area (TPSA) is 68.3 Å². The largest absolute Gasteiger partial charge is 0.489 e. The summed E-state index contributed by atoms with van der Waals surface area (Å²) in [5.41, 5.74) is 1.02. The first-order valence-electron chi connectivity index (χ1n) is 9.76. The van der Waals surface area contributed by atoms with Gasteiger partial charge in [0.25, 0.3) is 0 Å². The number of hydrogen-bond donors (Lipinski definition) is 2. The number of benzene rings is 2. The SMILES string of the molecule is Fc1cccc(OCc2nnc(NCc3ccc(OC4CCNCC4)c(Cl)c3)s2)c1. The van der Waals surface area contributed by atoms with Gasteiger partial charge in [-0.25, -0.2) is 4.39 Å². The lowest BCUT2D eigenvalue weighted by atomic mass is 10.1. The molecular weight excluding hydrogens is 427 g/mol. The summed E-state index contributed by atoms with van der Waals surface area (Å²) in [4.78, 5) is 0. The van der Waals surface area contributed by atoms with Crippen LogP contribution in [0, 0.1) is 5.82 Å². The van der Waals surface area contributed by atoms with Gasteiger partial charge in [-0.05, 0) is 55.8 Å². The summed E-state index contributed by atoms with van der Waals surface area (Å²) in [6, 6.07) is 11.8. The van der Waals surface area contributed by atoms with Crippen LogP contribution < -0.4 is 20.1 Å². The number of nitrogens with one attached hydrogen (secondary N) is 2. The Labute approximate surface area is 183 Å². The van der Waals surface area contributed by atoms with E-state index in [2.05, 4.69) is 20.8 Å². The highest BCUT2D eigenvalue weighted by Crippen LogP contribution is 2.28. The van der Waals surface area contributed by atoms with Gasteiger partial charge in [-0.3, -0.25) is 0 Å². The fourth-order valence-corrected chi connectivity index (χ4v) is 4.00. The van der Waals surface area contributed by atoms with E-state index in [9.17, 15) is 4.39 Å². The Morgan fingerprint density at radius 1 is 1.17 bits per heavy atom. The second kappa shape index (κ2) is 10.1. The van der Waals surface area contributed by atoms with Crippen LogP contribution in [-0.2, 0) is 13.2 Å². The van der Waals surface area contributed by atoms with Crippen molar-refractivity contribution >= 4 is 28.1 Å². The Balaban J connectivity index is 1.27. The van der Waals surface area contributed by atoms with Crippen LogP contribution in [0.1, 0.15) is 23.4 Å². The summed E-state index contributed by atoms with van der Waals surface area (Å²) >= 11 is 7.80. The zero-order valence-corrected chi connectivity index (χ0v) is 17.8. The molecule has 0 unspecified atom stereocenters. The van der Waals surface area contributed by atoms with E-state index in [1.54, 1.807) is 12.1 Å². The fraction of sp³-hybridized carbons (Fsp3) is 0.333. The van der Waals surface area contributed by atoms with Crippen molar-refractivity contribution in [1.82, 2.24) is 15.5 Å². The first-order chi connectivity index (χ1) is 14.7. The second-order valence-electron chi connectivity index (χ2n) is 6.93. The number of anilines is 1. The number of ether oxygens (including phenoxy) is 2. The molecule has 1 aromatic heterocycles. The van der Waals surface area contributed by atoms with Crippen LogP contribution in [0.2, 0.25) is 5.02 Å². The van der Waals surface area contributed by atoms with Crippen molar-refractivity contribution in [3.8, 4) is 11.5 Å². The molecule has 1 fully saturated rings. The molecule has 9 heteroatoms. The number of nitrogens with zero attached hydrogens (tertiary/aromatic N) is 2. The van der Waals surface area contributed by atoms with Crippen LogP contribution >= 0.6 is 22.9 Å². The van der Waals surface area contributed by atoms with Gasteiger partial charge in [0.1, 0.15) is 30.0 Å². The monoisotopic (exact) mass is 448 g/mol. The van der Waals surface area contributed by atoms with Crippen LogP contribution in [0.25, 0.3) is 0 Å². The van der Waals surface area contributed by atoms with E-state index in [0.29, 0.717) is 27.5 Å². The predicted octanol–water partition coefficient (Wildman–Crippen LogP) is 4.65. The lowest BCUT2D eigenvalue weighted by Gasteiger charge is -2.24. The van der Waals surface area contributed by atoms with Gasteiger partial charge < -0.3 is 20.1 Å². The summed E-state index contributed by atoms with van der Waals surface area (Å²) in [5, 5.41) is 16.8. The minimum Gasteiger partial charge on any atom is -0.489 e. The molecule has 3 aromatic rings. The summed E-state index contributed by atoms with van der Waals surface area (Å²) in [6.07, 6.45) is 2.19. The highest BCUT2D eigenvalue weighted by molar-refractivity contribution is 7.15. The molecule has 30 heavy (non-hydrogen) atoms. The van der Waals surface area contributed by atoms with E-state index in [1.165, 1.54) is 23.5 Å². The van der Waals surface area contributed by atoms with E-state index in [0.717, 1.165) is 37.2 Å². The van der Waals surface area contributed by atoms with Gasteiger partial charge in [0.2, 0.25) is 5.13 Å². The average molecular weight is 449 g/mol. The molecule has 4 rings (SSSR count). The summed E-state index contributed by atoms with van der Waals surface area (Å²) < 4.78 is 24.8. The summed E-state index contributed by atoms with van der Waals surface area (Å²) in [5.74, 6) is 0.846. The number of rotatable bonds is 8. The first kappa shape index (κ1) is 20.8. The van der Waals surface area contributed by atoms with E-state index in [4.69, 9.17) is 21.1 Å². The quantitative estimate of drug-likeness (QED) is 0.522. The normalized spacial score (nSPS) is 14.5. The molecule has 0 radical (unpaired) electrons. The molecule has 0 atom stereocenters. The fourth-order valence-electron chi connectivity index (χ4n) is 3.11. The van der Waals surface area contributed by atoms with Crippen molar-refractivity contribution in [2.24, 2.45) is 0 Å². The number of halogens is 2. The van der Waals surface area contributed by atoms with E-state index in [-0.39, 0.29) is 18.5 Å². The average Bonchev–Trinajstić information content (AvgIpc) is 3.21. The molecule has 158 valence electrons. The van der Waals surface area contributed by atoms with Crippen LogP contribution in [0.4, 0.5) is 9.52 Å². The smallest absolute Gasteiger partial charge is 0.206 e. The number of aromatic nitrogens is 2. The Morgan fingerprint density at radius 3 is 2.83 bits per heavy atom. The predicted molar refractivity (Wildman–Crippen MR) is 116 cm³/mol. The molecule has 1 aliphatic rings. The summed E-state index contributed by atoms with van der Waals surface area (Å²) in [7, 11) is 0. The van der Waals surface area contributed by atoms with Gasteiger partial charge in [-0.2, -0.15) is 0 Å². The molecule has 2 heterocycles. The number of piperidine rings is 1. The zero-order chi connectivity index (χ0) is 20.8. The molecule has 1 saturated heterocycles. The molecule has 2 N–H and O–H groups in total. The van der Waals surface area contributed by atoms with Crippen molar-refractivity contribution in [3.05, 3.63) is 63.9 Å². The molecule has 0 saturated carbocycles. The Bertz CT molecular complexity index is 981. The minimum absolute atomic E-state index is 0.210. The third kappa shape index (κ3) is 5.81. The van der Waals surface area contributed by atoms with Gasteiger partial charge in [-0.1, -0.05) is 35.1 Å². The lowest BCUT2D eigenvalue weighted by Crippen LogP contribution is -2.34. The van der Waals surface area contributed by atoms with Crippen LogP contribution in [0.3, 0.4) is 0 Å². The molecule has 0 aliphatic carbocycles. The van der Waals surface area contributed by atoms with Crippen molar-refractivity contribution in [1.29, 1.82) is 0 Å².